The number of ether oxygens (including phenoxy) is 1. The van der Waals surface area contributed by atoms with Crippen molar-refractivity contribution in [3.8, 4) is 5.75 Å². The summed E-state index contributed by atoms with van der Waals surface area (Å²) in [7, 11) is 1.85. The lowest BCUT2D eigenvalue weighted by molar-refractivity contribution is -0.137. The van der Waals surface area contributed by atoms with Gasteiger partial charge in [-0.25, -0.2) is 9.59 Å². The maximum absolute atomic E-state index is 11.8. The SMILES string of the molecule is CN1C2CCC1(/C(=C\C(=O)O)C(=O)O)CC(Oc1cccc(Cl)c1Cl)C2. The summed E-state index contributed by atoms with van der Waals surface area (Å²) in [6, 6.07) is 5.22. The van der Waals surface area contributed by atoms with Crippen LogP contribution in [0.4, 0.5) is 0 Å². The number of halogens is 2. The summed E-state index contributed by atoms with van der Waals surface area (Å²) >= 11 is 12.2. The number of fused-ring (bicyclic) bond motifs is 2. The van der Waals surface area contributed by atoms with Gasteiger partial charge >= 0.3 is 11.9 Å². The molecule has 6 nitrogen and oxygen atoms in total. The fourth-order valence-corrected chi connectivity index (χ4v) is 4.54. The minimum atomic E-state index is -1.27. The first-order valence-electron chi connectivity index (χ1n) is 8.26. The van der Waals surface area contributed by atoms with Crippen LogP contribution in [0, 0.1) is 0 Å². The molecule has 3 rings (SSSR count). The highest BCUT2D eigenvalue weighted by Crippen LogP contribution is 2.48. The number of carbonyl (C=O) groups is 2. The molecule has 2 aliphatic heterocycles. The smallest absolute Gasteiger partial charge is 0.333 e. The van der Waals surface area contributed by atoms with Crippen molar-refractivity contribution in [1.29, 1.82) is 0 Å². The van der Waals surface area contributed by atoms with Crippen molar-refractivity contribution in [3.63, 3.8) is 0 Å². The molecule has 3 unspecified atom stereocenters. The van der Waals surface area contributed by atoms with Crippen LogP contribution in [0.5, 0.6) is 5.75 Å². The van der Waals surface area contributed by atoms with Crippen LogP contribution in [0.25, 0.3) is 0 Å². The molecule has 3 atom stereocenters. The number of hydrogen-bond acceptors (Lipinski definition) is 4. The highest BCUT2D eigenvalue weighted by atomic mass is 35.5. The van der Waals surface area contributed by atoms with E-state index < -0.39 is 17.5 Å². The van der Waals surface area contributed by atoms with Gasteiger partial charge in [-0.1, -0.05) is 29.3 Å². The summed E-state index contributed by atoms with van der Waals surface area (Å²) in [5.41, 5.74) is -0.983. The molecule has 0 aliphatic carbocycles. The first-order valence-corrected chi connectivity index (χ1v) is 9.02. The van der Waals surface area contributed by atoms with Crippen molar-refractivity contribution < 1.29 is 24.5 Å². The Labute approximate surface area is 161 Å². The van der Waals surface area contributed by atoms with Gasteiger partial charge in [-0.2, -0.15) is 0 Å². The number of likely N-dealkylation sites (N-methyl/N-ethyl adjacent to an activating group) is 1. The number of nitrogens with zero attached hydrogens (tertiary/aromatic N) is 1. The van der Waals surface area contributed by atoms with E-state index in [0.29, 0.717) is 35.1 Å². The van der Waals surface area contributed by atoms with Crippen molar-refractivity contribution >= 4 is 35.1 Å². The Kier molecular flexibility index (Phi) is 5.19. The number of piperidine rings is 1. The van der Waals surface area contributed by atoms with Gasteiger partial charge in [-0.05, 0) is 38.4 Å². The van der Waals surface area contributed by atoms with Gasteiger partial charge in [-0.15, -0.1) is 0 Å². The Morgan fingerprint density at radius 1 is 1.35 bits per heavy atom. The molecule has 1 aromatic carbocycles. The predicted octanol–water partition coefficient (Wildman–Crippen LogP) is 3.46. The number of rotatable bonds is 5. The topological polar surface area (TPSA) is 87.1 Å². The molecule has 0 saturated carbocycles. The van der Waals surface area contributed by atoms with Crippen molar-refractivity contribution in [2.75, 3.05) is 7.05 Å². The van der Waals surface area contributed by atoms with Crippen LogP contribution >= 0.6 is 23.2 Å². The fraction of sp³-hybridized carbons (Fsp3) is 0.444. The molecular weight excluding hydrogens is 381 g/mol. The lowest BCUT2D eigenvalue weighted by Gasteiger charge is -2.46. The third-order valence-corrected chi connectivity index (χ3v) is 6.23. The Balaban J connectivity index is 1.93. The van der Waals surface area contributed by atoms with Gasteiger partial charge in [0.15, 0.2) is 0 Å². The lowest BCUT2D eigenvalue weighted by Crippen LogP contribution is -2.55. The quantitative estimate of drug-likeness (QED) is 0.737. The van der Waals surface area contributed by atoms with Gasteiger partial charge in [0.2, 0.25) is 0 Å². The Morgan fingerprint density at radius 3 is 2.73 bits per heavy atom. The van der Waals surface area contributed by atoms with E-state index in [2.05, 4.69) is 0 Å². The third-order valence-electron chi connectivity index (χ3n) is 5.42. The van der Waals surface area contributed by atoms with E-state index in [1.54, 1.807) is 18.2 Å². The molecule has 2 bridgehead atoms. The van der Waals surface area contributed by atoms with E-state index in [1.165, 1.54) is 0 Å². The summed E-state index contributed by atoms with van der Waals surface area (Å²) < 4.78 is 6.05. The molecule has 26 heavy (non-hydrogen) atoms. The highest BCUT2D eigenvalue weighted by Gasteiger charge is 2.54. The molecule has 140 valence electrons. The maximum Gasteiger partial charge on any atom is 0.333 e. The van der Waals surface area contributed by atoms with Crippen LogP contribution in [-0.4, -0.2) is 51.8 Å². The molecule has 8 heteroatoms. The summed E-state index contributed by atoms with van der Waals surface area (Å²) in [6.45, 7) is 0. The summed E-state index contributed by atoms with van der Waals surface area (Å²) in [5.74, 6) is -2.04. The van der Waals surface area contributed by atoms with E-state index in [0.717, 1.165) is 12.5 Å². The molecule has 2 saturated heterocycles. The average Bonchev–Trinajstić information content (AvgIpc) is 2.76. The minimum Gasteiger partial charge on any atom is -0.489 e. The van der Waals surface area contributed by atoms with Gasteiger partial charge < -0.3 is 14.9 Å². The normalized spacial score (nSPS) is 28.8. The van der Waals surface area contributed by atoms with E-state index in [-0.39, 0.29) is 17.7 Å². The van der Waals surface area contributed by atoms with Gasteiger partial charge in [0.25, 0.3) is 0 Å². The van der Waals surface area contributed by atoms with Crippen molar-refractivity contribution in [3.05, 3.63) is 39.9 Å². The van der Waals surface area contributed by atoms with Gasteiger partial charge in [0.05, 0.1) is 16.1 Å². The first-order chi connectivity index (χ1) is 12.2. The number of carboxylic acids is 2. The van der Waals surface area contributed by atoms with Crippen molar-refractivity contribution in [1.82, 2.24) is 4.90 Å². The number of carboxylic acid groups (broad SMARTS) is 2. The van der Waals surface area contributed by atoms with E-state index in [1.807, 2.05) is 11.9 Å². The predicted molar refractivity (Wildman–Crippen MR) is 97.0 cm³/mol. The van der Waals surface area contributed by atoms with Crippen LogP contribution < -0.4 is 4.74 Å². The van der Waals surface area contributed by atoms with Gasteiger partial charge in [0.1, 0.15) is 16.9 Å². The molecule has 2 fully saturated rings. The second kappa shape index (κ2) is 7.10. The van der Waals surface area contributed by atoms with Crippen molar-refractivity contribution in [2.45, 2.75) is 43.4 Å². The molecular formula is C18H19Cl2NO5. The molecule has 2 heterocycles. The van der Waals surface area contributed by atoms with E-state index in [9.17, 15) is 14.7 Å². The number of benzene rings is 1. The number of aliphatic carboxylic acids is 2. The van der Waals surface area contributed by atoms with Crippen LogP contribution in [0.3, 0.4) is 0 Å². The zero-order valence-corrected chi connectivity index (χ0v) is 15.6. The van der Waals surface area contributed by atoms with Crippen molar-refractivity contribution in [2.24, 2.45) is 0 Å². The molecule has 1 aromatic rings. The fourth-order valence-electron chi connectivity index (χ4n) is 4.21. The number of hydrogen-bond donors (Lipinski definition) is 2. The summed E-state index contributed by atoms with van der Waals surface area (Å²) in [6.07, 6.45) is 2.95. The first kappa shape index (κ1) is 19.0. The largest absolute Gasteiger partial charge is 0.489 e. The third kappa shape index (κ3) is 3.29. The highest BCUT2D eigenvalue weighted by molar-refractivity contribution is 6.42. The Morgan fingerprint density at radius 2 is 2.08 bits per heavy atom. The van der Waals surface area contributed by atoms with Crippen LogP contribution in [0.1, 0.15) is 25.7 Å². The Hall–Kier alpha value is -1.76. The lowest BCUT2D eigenvalue weighted by atomic mass is 9.80. The van der Waals surface area contributed by atoms with E-state index in [4.69, 9.17) is 33.0 Å². The second-order valence-corrected chi connectivity index (χ2v) is 7.55. The average molecular weight is 400 g/mol. The molecule has 0 spiro atoms. The molecule has 0 aromatic heterocycles. The Bertz CT molecular complexity index is 781. The van der Waals surface area contributed by atoms with Crippen LogP contribution in [-0.2, 0) is 9.59 Å². The van der Waals surface area contributed by atoms with Gasteiger partial charge in [-0.3, -0.25) is 4.90 Å². The maximum atomic E-state index is 11.8. The van der Waals surface area contributed by atoms with Crippen LogP contribution in [0.15, 0.2) is 29.8 Å². The second-order valence-electron chi connectivity index (χ2n) is 6.77. The zero-order valence-electron chi connectivity index (χ0n) is 14.1. The van der Waals surface area contributed by atoms with Crippen LogP contribution in [0.2, 0.25) is 10.0 Å². The van der Waals surface area contributed by atoms with E-state index >= 15 is 0 Å². The summed E-state index contributed by atoms with van der Waals surface area (Å²) in [4.78, 5) is 24.9. The molecule has 2 N–H and O–H groups in total. The minimum absolute atomic E-state index is 0.111. The molecule has 2 aliphatic rings. The molecule has 0 amide bonds. The monoisotopic (exact) mass is 399 g/mol. The zero-order chi connectivity index (χ0) is 19.1. The van der Waals surface area contributed by atoms with Gasteiger partial charge in [0, 0.05) is 18.5 Å². The summed E-state index contributed by atoms with van der Waals surface area (Å²) in [5, 5.41) is 19.4. The standard InChI is InChI=1S/C18H19Cl2NO5/c1-21-10-5-6-18(21,12(17(24)25)8-15(22)23)9-11(7-10)26-14-4-2-3-13(19)16(14)20/h2-4,8,10-11H,5-7,9H2,1H3,(H,22,23)(H,24,25)/b12-8-. The molecule has 0 radical (unpaired) electrons.